The van der Waals surface area contributed by atoms with Gasteiger partial charge in [-0.05, 0) is 35.8 Å². The third-order valence-electron chi connectivity index (χ3n) is 3.73. The third kappa shape index (κ3) is 5.29. The lowest BCUT2D eigenvalue weighted by atomic mass is 10.00. The zero-order chi connectivity index (χ0) is 16.3. The van der Waals surface area contributed by atoms with Gasteiger partial charge in [-0.1, -0.05) is 60.4 Å². The molecule has 0 spiro atoms. The minimum Gasteiger partial charge on any atom is -0.307 e. The maximum Gasteiger partial charge on any atom is 0.0622 e. The largest absolute Gasteiger partial charge is 0.307 e. The first-order valence-electron chi connectivity index (χ1n) is 8.04. The van der Waals surface area contributed by atoms with Gasteiger partial charge in [0.05, 0.1) is 6.07 Å². The van der Waals surface area contributed by atoms with Crippen molar-refractivity contribution in [3.63, 3.8) is 0 Å². The fourth-order valence-electron chi connectivity index (χ4n) is 2.49. The summed E-state index contributed by atoms with van der Waals surface area (Å²) in [5, 5.41) is 14.5. The van der Waals surface area contributed by atoms with Crippen molar-refractivity contribution in [3.8, 4) is 17.9 Å². The van der Waals surface area contributed by atoms with Gasteiger partial charge in [-0.15, -0.1) is 0 Å². The Balaban J connectivity index is 1.85. The highest BCUT2D eigenvalue weighted by atomic mass is 14.9. The normalized spacial score (nSPS) is 11.8. The summed E-state index contributed by atoms with van der Waals surface area (Å²) in [6, 6.07) is 17.3. The van der Waals surface area contributed by atoms with Crippen molar-refractivity contribution in [1.29, 1.82) is 5.26 Å². The van der Waals surface area contributed by atoms with Gasteiger partial charge in [0.1, 0.15) is 0 Å². The highest BCUT2D eigenvalue weighted by molar-refractivity contribution is 5.86. The summed E-state index contributed by atoms with van der Waals surface area (Å²) < 4.78 is 0. The summed E-state index contributed by atoms with van der Waals surface area (Å²) in [7, 11) is 0. The van der Waals surface area contributed by atoms with Crippen molar-refractivity contribution in [1.82, 2.24) is 5.32 Å². The maximum absolute atomic E-state index is 8.43. The minimum absolute atomic E-state index is 0.286. The van der Waals surface area contributed by atoms with Crippen LogP contribution in [0.25, 0.3) is 10.8 Å². The molecule has 2 aromatic carbocycles. The number of nitrogens with one attached hydrogen (secondary N) is 1. The van der Waals surface area contributed by atoms with E-state index >= 15 is 0 Å². The standard InChI is InChI=1S/C21H22N2/c1-18(23-17-10-6-4-2-3-5-9-16-22)20-15-11-13-19-12-7-8-14-21(19)20/h6-8,10-15,18,23H,3,5,9,17H2,1H3/b10-6+/t18-/m1/s1. The summed E-state index contributed by atoms with van der Waals surface area (Å²) >= 11 is 0. The van der Waals surface area contributed by atoms with E-state index < -0.39 is 0 Å². The molecule has 0 bridgehead atoms. The third-order valence-corrected chi connectivity index (χ3v) is 3.73. The lowest BCUT2D eigenvalue weighted by molar-refractivity contribution is 0.621. The van der Waals surface area contributed by atoms with E-state index in [1.807, 2.05) is 12.2 Å². The molecule has 2 rings (SSSR count). The molecule has 0 aliphatic heterocycles. The van der Waals surface area contributed by atoms with Gasteiger partial charge in [0, 0.05) is 25.4 Å². The number of allylic oxidation sites excluding steroid dienone is 1. The van der Waals surface area contributed by atoms with E-state index in [0.29, 0.717) is 6.42 Å². The number of nitriles is 1. The van der Waals surface area contributed by atoms with Gasteiger partial charge >= 0.3 is 0 Å². The maximum atomic E-state index is 8.43. The first-order valence-corrected chi connectivity index (χ1v) is 8.04. The highest BCUT2D eigenvalue weighted by Gasteiger charge is 2.07. The molecule has 0 aliphatic carbocycles. The van der Waals surface area contributed by atoms with Crippen LogP contribution in [0.15, 0.2) is 54.6 Å². The van der Waals surface area contributed by atoms with E-state index in [2.05, 4.69) is 72.6 Å². The topological polar surface area (TPSA) is 35.8 Å². The van der Waals surface area contributed by atoms with E-state index in [1.165, 1.54) is 16.3 Å². The molecule has 0 fully saturated rings. The number of unbranched alkanes of at least 4 members (excludes halogenated alkanes) is 2. The van der Waals surface area contributed by atoms with Gasteiger partial charge in [-0.2, -0.15) is 5.26 Å². The molecule has 2 heteroatoms. The molecule has 1 atom stereocenters. The van der Waals surface area contributed by atoms with Crippen molar-refractivity contribution in [2.75, 3.05) is 6.54 Å². The fourth-order valence-corrected chi connectivity index (χ4v) is 2.49. The summed E-state index contributed by atoms with van der Waals surface area (Å²) in [6.07, 6.45) is 6.15. The minimum atomic E-state index is 0.286. The average Bonchev–Trinajstić information content (AvgIpc) is 2.59. The molecule has 0 aromatic heterocycles. The molecule has 2 nitrogen and oxygen atoms in total. The Bertz CT molecular complexity index is 751. The molecule has 1 N–H and O–H groups in total. The smallest absolute Gasteiger partial charge is 0.0622 e. The second-order valence-corrected chi connectivity index (χ2v) is 5.43. The lowest BCUT2D eigenvalue weighted by Gasteiger charge is -2.15. The Kier molecular flexibility index (Phi) is 6.92. The van der Waals surface area contributed by atoms with Gasteiger partial charge in [0.15, 0.2) is 0 Å². The van der Waals surface area contributed by atoms with Crippen LogP contribution in [0.4, 0.5) is 0 Å². The summed E-state index contributed by atoms with van der Waals surface area (Å²) in [5.74, 6) is 6.06. The van der Waals surface area contributed by atoms with Crippen LogP contribution in [0.2, 0.25) is 0 Å². The van der Waals surface area contributed by atoms with Crippen molar-refractivity contribution in [2.45, 2.75) is 32.2 Å². The second kappa shape index (κ2) is 9.46. The Labute approximate surface area is 138 Å². The first kappa shape index (κ1) is 16.8. The summed E-state index contributed by atoms with van der Waals surface area (Å²) in [6.45, 7) is 2.97. The molecule has 116 valence electrons. The zero-order valence-electron chi connectivity index (χ0n) is 13.5. The molecule has 0 aliphatic rings. The molecule has 0 saturated heterocycles. The van der Waals surface area contributed by atoms with Gasteiger partial charge in [-0.3, -0.25) is 0 Å². The van der Waals surface area contributed by atoms with Crippen LogP contribution in [0.3, 0.4) is 0 Å². The number of nitrogens with zero attached hydrogens (tertiary/aromatic N) is 1. The Morgan fingerprint density at radius 2 is 1.96 bits per heavy atom. The molecule has 23 heavy (non-hydrogen) atoms. The van der Waals surface area contributed by atoms with Gasteiger partial charge < -0.3 is 5.32 Å². The van der Waals surface area contributed by atoms with E-state index in [9.17, 15) is 0 Å². The molecular weight excluding hydrogens is 280 g/mol. The van der Waals surface area contributed by atoms with Crippen LogP contribution in [0.5, 0.6) is 0 Å². The van der Waals surface area contributed by atoms with Gasteiger partial charge in [0.25, 0.3) is 0 Å². The number of rotatable bonds is 6. The average molecular weight is 302 g/mol. The Morgan fingerprint density at radius 3 is 2.83 bits per heavy atom. The number of benzene rings is 2. The predicted molar refractivity (Wildman–Crippen MR) is 96.7 cm³/mol. The Morgan fingerprint density at radius 1 is 1.13 bits per heavy atom. The highest BCUT2D eigenvalue weighted by Crippen LogP contribution is 2.23. The van der Waals surface area contributed by atoms with Crippen molar-refractivity contribution in [3.05, 3.63) is 60.2 Å². The number of hydrogen-bond donors (Lipinski definition) is 1. The molecular formula is C21H22N2. The van der Waals surface area contributed by atoms with Gasteiger partial charge in [-0.25, -0.2) is 0 Å². The van der Waals surface area contributed by atoms with Crippen molar-refractivity contribution < 1.29 is 0 Å². The van der Waals surface area contributed by atoms with Crippen LogP contribution in [0, 0.1) is 23.2 Å². The van der Waals surface area contributed by atoms with Gasteiger partial charge in [0.2, 0.25) is 0 Å². The van der Waals surface area contributed by atoms with E-state index in [4.69, 9.17) is 5.26 Å². The van der Waals surface area contributed by atoms with Crippen molar-refractivity contribution >= 4 is 10.8 Å². The molecule has 0 saturated carbocycles. The quantitative estimate of drug-likeness (QED) is 0.618. The summed E-state index contributed by atoms with van der Waals surface area (Å²) in [5.41, 5.74) is 1.32. The predicted octanol–water partition coefficient (Wildman–Crippen LogP) is 4.74. The van der Waals surface area contributed by atoms with Crippen LogP contribution in [0.1, 0.15) is 37.8 Å². The molecule has 0 unspecified atom stereocenters. The zero-order valence-corrected chi connectivity index (χ0v) is 13.5. The van der Waals surface area contributed by atoms with E-state index in [-0.39, 0.29) is 6.04 Å². The molecule has 2 aromatic rings. The Hall–Kier alpha value is -2.55. The summed E-state index contributed by atoms with van der Waals surface area (Å²) in [4.78, 5) is 0. The fraction of sp³-hybridized carbons (Fsp3) is 0.286. The lowest BCUT2D eigenvalue weighted by Crippen LogP contribution is -2.18. The van der Waals surface area contributed by atoms with Crippen LogP contribution < -0.4 is 5.32 Å². The second-order valence-electron chi connectivity index (χ2n) is 5.43. The number of fused-ring (bicyclic) bond motifs is 1. The molecule has 0 radical (unpaired) electrons. The first-order chi connectivity index (χ1) is 11.3. The number of hydrogen-bond acceptors (Lipinski definition) is 2. The van der Waals surface area contributed by atoms with Crippen LogP contribution >= 0.6 is 0 Å². The monoisotopic (exact) mass is 302 g/mol. The molecule has 0 amide bonds. The SMILES string of the molecule is C[C@@H](NC/C=C/C#CCCCC#N)c1cccc2ccccc12. The molecule has 0 heterocycles. The van der Waals surface area contributed by atoms with Crippen LogP contribution in [-0.2, 0) is 0 Å². The van der Waals surface area contributed by atoms with E-state index in [0.717, 1.165) is 19.4 Å². The van der Waals surface area contributed by atoms with E-state index in [1.54, 1.807) is 0 Å². The van der Waals surface area contributed by atoms with Crippen molar-refractivity contribution in [2.24, 2.45) is 0 Å². The van der Waals surface area contributed by atoms with Crippen LogP contribution in [-0.4, -0.2) is 6.54 Å².